The lowest BCUT2D eigenvalue weighted by Gasteiger charge is -2.07. The van der Waals surface area contributed by atoms with Gasteiger partial charge in [-0.15, -0.1) is 0 Å². The molecule has 5 heteroatoms. The van der Waals surface area contributed by atoms with Crippen LogP contribution in [0.2, 0.25) is 0 Å². The van der Waals surface area contributed by atoms with Crippen molar-refractivity contribution >= 4 is 16.9 Å². The average molecular weight is 390 g/mol. The molecule has 0 atom stereocenters. The van der Waals surface area contributed by atoms with Gasteiger partial charge in [-0.1, -0.05) is 43.5 Å². The van der Waals surface area contributed by atoms with Crippen molar-refractivity contribution in [3.8, 4) is 16.9 Å². The van der Waals surface area contributed by atoms with Crippen LogP contribution in [0.5, 0.6) is 5.75 Å². The summed E-state index contributed by atoms with van der Waals surface area (Å²) in [5, 5.41) is 0.841. The lowest BCUT2D eigenvalue weighted by molar-refractivity contribution is -0.137. The smallest absolute Gasteiger partial charge is 0.344 e. The Hall–Kier alpha value is -3.60. The van der Waals surface area contributed by atoms with Crippen LogP contribution in [0.1, 0.15) is 12.0 Å². The number of esters is 1. The van der Waals surface area contributed by atoms with Gasteiger partial charge < -0.3 is 13.9 Å². The van der Waals surface area contributed by atoms with Gasteiger partial charge in [0, 0.05) is 11.5 Å². The molecular formula is C24H22O5. The van der Waals surface area contributed by atoms with E-state index >= 15 is 0 Å². The molecule has 0 bridgehead atoms. The molecular weight excluding hydrogens is 368 g/mol. The van der Waals surface area contributed by atoms with Gasteiger partial charge in [0.2, 0.25) is 0 Å². The largest absolute Gasteiger partial charge is 0.490 e. The fraction of sp³-hybridized carbons (Fsp3) is 0.167. The SMILES string of the molecule is C=CCOc1ccc(-c2cc3ccc(CCCOC(=O)C=C)cc3oc2=O)cc1. The van der Waals surface area contributed by atoms with Crippen LogP contribution in [-0.2, 0) is 16.0 Å². The van der Waals surface area contributed by atoms with Crippen molar-refractivity contribution < 1.29 is 18.7 Å². The number of carbonyl (C=O) groups is 1. The molecule has 0 N–H and O–H groups in total. The molecule has 29 heavy (non-hydrogen) atoms. The molecule has 0 fully saturated rings. The summed E-state index contributed by atoms with van der Waals surface area (Å²) in [5.41, 5.74) is 2.41. The van der Waals surface area contributed by atoms with E-state index in [1.54, 1.807) is 6.08 Å². The Balaban J connectivity index is 1.75. The van der Waals surface area contributed by atoms with Crippen molar-refractivity contribution in [3.05, 3.63) is 89.8 Å². The second-order valence-electron chi connectivity index (χ2n) is 6.42. The summed E-state index contributed by atoms with van der Waals surface area (Å²) in [5.74, 6) is 0.282. The first-order chi connectivity index (χ1) is 14.1. The predicted molar refractivity (Wildman–Crippen MR) is 113 cm³/mol. The molecule has 2 aromatic carbocycles. The highest BCUT2D eigenvalue weighted by molar-refractivity contribution is 5.82. The van der Waals surface area contributed by atoms with E-state index in [9.17, 15) is 9.59 Å². The van der Waals surface area contributed by atoms with Crippen LogP contribution >= 0.6 is 0 Å². The normalized spacial score (nSPS) is 10.5. The Morgan fingerprint density at radius 2 is 1.86 bits per heavy atom. The van der Waals surface area contributed by atoms with Gasteiger partial charge >= 0.3 is 11.6 Å². The summed E-state index contributed by atoms with van der Waals surface area (Å²) in [6.07, 6.45) is 4.20. The van der Waals surface area contributed by atoms with Gasteiger partial charge in [-0.2, -0.15) is 0 Å². The Labute approximate surface area is 168 Å². The number of fused-ring (bicyclic) bond motifs is 1. The van der Waals surface area contributed by atoms with E-state index in [2.05, 4.69) is 13.2 Å². The minimum Gasteiger partial charge on any atom is -0.490 e. The molecule has 148 valence electrons. The van der Waals surface area contributed by atoms with Crippen LogP contribution in [0, 0.1) is 0 Å². The summed E-state index contributed by atoms with van der Waals surface area (Å²) in [6, 6.07) is 14.9. The third kappa shape index (κ3) is 5.23. The van der Waals surface area contributed by atoms with Crippen LogP contribution < -0.4 is 10.4 Å². The molecule has 3 aromatic rings. The third-order valence-corrected chi connectivity index (χ3v) is 4.35. The molecule has 0 aliphatic carbocycles. The van der Waals surface area contributed by atoms with E-state index in [-0.39, 0.29) is 0 Å². The van der Waals surface area contributed by atoms with Gasteiger partial charge in [-0.05, 0) is 48.2 Å². The Morgan fingerprint density at radius 3 is 2.59 bits per heavy atom. The molecule has 3 rings (SSSR count). The van der Waals surface area contributed by atoms with E-state index in [1.807, 2.05) is 48.5 Å². The lowest BCUT2D eigenvalue weighted by atomic mass is 10.0. The maximum absolute atomic E-state index is 12.5. The zero-order chi connectivity index (χ0) is 20.6. The topological polar surface area (TPSA) is 65.7 Å². The van der Waals surface area contributed by atoms with Crippen molar-refractivity contribution in [1.82, 2.24) is 0 Å². The van der Waals surface area contributed by atoms with Crippen LogP contribution in [-0.4, -0.2) is 19.2 Å². The fourth-order valence-electron chi connectivity index (χ4n) is 2.91. The van der Waals surface area contributed by atoms with Crippen molar-refractivity contribution in [2.24, 2.45) is 0 Å². The Bertz CT molecular complexity index is 1080. The molecule has 1 aromatic heterocycles. The Kier molecular flexibility index (Phi) is 6.63. The van der Waals surface area contributed by atoms with Gasteiger partial charge in [0.1, 0.15) is 17.9 Å². The number of ether oxygens (including phenoxy) is 2. The summed E-state index contributed by atoms with van der Waals surface area (Å²) < 4.78 is 16.0. The van der Waals surface area contributed by atoms with Crippen molar-refractivity contribution in [2.45, 2.75) is 12.8 Å². The van der Waals surface area contributed by atoms with Gasteiger partial charge in [0.05, 0.1) is 12.2 Å². The number of aryl methyl sites for hydroxylation is 1. The van der Waals surface area contributed by atoms with Gasteiger partial charge in [0.25, 0.3) is 0 Å². The number of hydrogen-bond donors (Lipinski definition) is 0. The summed E-state index contributed by atoms with van der Waals surface area (Å²) in [6.45, 7) is 7.72. The fourth-order valence-corrected chi connectivity index (χ4v) is 2.91. The molecule has 1 heterocycles. The van der Waals surface area contributed by atoms with Gasteiger partial charge in [-0.3, -0.25) is 0 Å². The highest BCUT2D eigenvalue weighted by Crippen LogP contribution is 2.24. The number of rotatable bonds is 9. The Morgan fingerprint density at radius 1 is 1.07 bits per heavy atom. The summed E-state index contributed by atoms with van der Waals surface area (Å²) in [4.78, 5) is 23.5. The lowest BCUT2D eigenvalue weighted by Crippen LogP contribution is -2.04. The molecule has 0 aliphatic rings. The number of benzene rings is 2. The van der Waals surface area contributed by atoms with E-state index in [1.165, 1.54) is 0 Å². The van der Waals surface area contributed by atoms with E-state index in [0.717, 1.165) is 22.6 Å². The highest BCUT2D eigenvalue weighted by Gasteiger charge is 2.09. The molecule has 0 amide bonds. The molecule has 0 saturated heterocycles. The third-order valence-electron chi connectivity index (χ3n) is 4.35. The molecule has 0 unspecified atom stereocenters. The first-order valence-corrected chi connectivity index (χ1v) is 9.31. The molecule has 0 spiro atoms. The van der Waals surface area contributed by atoms with Crippen LogP contribution in [0.15, 0.2) is 83.1 Å². The summed E-state index contributed by atoms with van der Waals surface area (Å²) >= 11 is 0. The standard InChI is InChI=1S/C24H22O5/c1-3-13-27-20-11-9-18(10-12-20)21-16-19-8-7-17(15-22(19)29-24(21)26)6-5-14-28-23(25)4-2/h3-4,7-12,15-16H,1-2,5-6,13-14H2. The van der Waals surface area contributed by atoms with Crippen LogP contribution in [0.25, 0.3) is 22.1 Å². The van der Waals surface area contributed by atoms with Gasteiger partial charge in [-0.25, -0.2) is 9.59 Å². The van der Waals surface area contributed by atoms with Crippen molar-refractivity contribution in [2.75, 3.05) is 13.2 Å². The molecule has 0 saturated carbocycles. The molecule has 5 nitrogen and oxygen atoms in total. The zero-order valence-electron chi connectivity index (χ0n) is 16.1. The molecule has 0 radical (unpaired) electrons. The number of carbonyl (C=O) groups excluding carboxylic acids is 1. The van der Waals surface area contributed by atoms with Crippen LogP contribution in [0.4, 0.5) is 0 Å². The van der Waals surface area contributed by atoms with Crippen molar-refractivity contribution in [3.63, 3.8) is 0 Å². The quantitative estimate of drug-likeness (QED) is 0.174. The minimum atomic E-state index is -0.428. The van der Waals surface area contributed by atoms with E-state index in [0.29, 0.717) is 43.0 Å². The van der Waals surface area contributed by atoms with E-state index in [4.69, 9.17) is 13.9 Å². The predicted octanol–water partition coefficient (Wildman–Crippen LogP) is 4.69. The zero-order valence-corrected chi connectivity index (χ0v) is 16.1. The second kappa shape index (κ2) is 9.55. The van der Waals surface area contributed by atoms with E-state index < -0.39 is 11.6 Å². The maximum Gasteiger partial charge on any atom is 0.344 e. The average Bonchev–Trinajstić information content (AvgIpc) is 2.75. The first kappa shape index (κ1) is 20.1. The van der Waals surface area contributed by atoms with Crippen molar-refractivity contribution in [1.29, 1.82) is 0 Å². The summed E-state index contributed by atoms with van der Waals surface area (Å²) in [7, 11) is 0. The maximum atomic E-state index is 12.5. The first-order valence-electron chi connectivity index (χ1n) is 9.31. The van der Waals surface area contributed by atoms with Gasteiger partial charge in [0.15, 0.2) is 0 Å². The number of hydrogen-bond acceptors (Lipinski definition) is 5. The monoisotopic (exact) mass is 390 g/mol. The molecule has 0 aliphatic heterocycles. The highest BCUT2D eigenvalue weighted by atomic mass is 16.5. The van der Waals surface area contributed by atoms with Crippen LogP contribution in [0.3, 0.4) is 0 Å². The second-order valence-corrected chi connectivity index (χ2v) is 6.42. The minimum absolute atomic E-state index is 0.318.